The van der Waals surface area contributed by atoms with Crippen molar-refractivity contribution in [3.63, 3.8) is 0 Å². The number of hydrogen-bond acceptors (Lipinski definition) is 6. The van der Waals surface area contributed by atoms with Gasteiger partial charge in [0.2, 0.25) is 5.91 Å². The molecule has 130 valence electrons. The van der Waals surface area contributed by atoms with Crippen molar-refractivity contribution in [1.29, 1.82) is 10.5 Å². The van der Waals surface area contributed by atoms with E-state index in [1.807, 2.05) is 0 Å². The van der Waals surface area contributed by atoms with E-state index in [2.05, 4.69) is 32.2 Å². The third-order valence-electron chi connectivity index (χ3n) is 4.22. The van der Waals surface area contributed by atoms with E-state index in [-0.39, 0.29) is 12.5 Å². The van der Waals surface area contributed by atoms with Crippen molar-refractivity contribution in [2.75, 3.05) is 42.9 Å². The number of benzene rings is 1. The summed E-state index contributed by atoms with van der Waals surface area (Å²) in [7, 11) is 0. The summed E-state index contributed by atoms with van der Waals surface area (Å²) in [6, 6.07) is 14.6. The maximum absolute atomic E-state index is 12.2. The van der Waals surface area contributed by atoms with Crippen molar-refractivity contribution in [2.24, 2.45) is 0 Å². The molecule has 7 heteroatoms. The molecule has 1 saturated heterocycles. The van der Waals surface area contributed by atoms with E-state index in [0.29, 0.717) is 48.8 Å². The van der Waals surface area contributed by atoms with Crippen LogP contribution < -0.4 is 10.2 Å². The van der Waals surface area contributed by atoms with Gasteiger partial charge in [-0.3, -0.25) is 9.69 Å². The summed E-state index contributed by atoms with van der Waals surface area (Å²) in [5, 5.41) is 20.9. The second-order valence-corrected chi connectivity index (χ2v) is 5.99. The second-order valence-electron chi connectivity index (χ2n) is 5.99. The molecule has 1 fully saturated rings. The molecule has 1 N–H and O–H groups in total. The van der Waals surface area contributed by atoms with Gasteiger partial charge in [0.15, 0.2) is 0 Å². The Morgan fingerprint density at radius 2 is 1.92 bits per heavy atom. The van der Waals surface area contributed by atoms with Crippen molar-refractivity contribution in [2.45, 2.75) is 0 Å². The number of aromatic nitrogens is 1. The van der Waals surface area contributed by atoms with E-state index in [1.165, 1.54) is 0 Å². The van der Waals surface area contributed by atoms with Crippen molar-refractivity contribution < 1.29 is 4.79 Å². The molecule has 0 atom stereocenters. The Bertz CT molecular complexity index is 874. The zero-order chi connectivity index (χ0) is 18.4. The van der Waals surface area contributed by atoms with Gasteiger partial charge in [-0.1, -0.05) is 6.07 Å². The second kappa shape index (κ2) is 8.11. The number of rotatable bonds is 4. The van der Waals surface area contributed by atoms with Gasteiger partial charge in [-0.15, -0.1) is 0 Å². The van der Waals surface area contributed by atoms with Crippen LogP contribution in [0.4, 0.5) is 11.5 Å². The van der Waals surface area contributed by atoms with Crippen molar-refractivity contribution in [3.8, 4) is 12.1 Å². The monoisotopic (exact) mass is 346 g/mol. The molecule has 0 saturated carbocycles. The maximum atomic E-state index is 12.2. The van der Waals surface area contributed by atoms with Crippen LogP contribution >= 0.6 is 0 Å². The summed E-state index contributed by atoms with van der Waals surface area (Å²) in [6.45, 7) is 3.14. The molecule has 1 aliphatic heterocycles. The van der Waals surface area contributed by atoms with Gasteiger partial charge in [-0.25, -0.2) is 4.98 Å². The van der Waals surface area contributed by atoms with Crippen LogP contribution in [-0.2, 0) is 4.79 Å². The number of anilines is 2. The lowest BCUT2D eigenvalue weighted by Gasteiger charge is -2.35. The third kappa shape index (κ3) is 4.15. The highest BCUT2D eigenvalue weighted by molar-refractivity contribution is 5.92. The van der Waals surface area contributed by atoms with Crippen LogP contribution in [-0.4, -0.2) is 48.5 Å². The molecule has 0 aliphatic carbocycles. The first-order chi connectivity index (χ1) is 12.7. The van der Waals surface area contributed by atoms with E-state index < -0.39 is 0 Å². The molecule has 1 aliphatic rings. The Morgan fingerprint density at radius 1 is 1.12 bits per heavy atom. The molecule has 0 bridgehead atoms. The smallest absolute Gasteiger partial charge is 0.238 e. The summed E-state index contributed by atoms with van der Waals surface area (Å²) < 4.78 is 0. The van der Waals surface area contributed by atoms with Crippen molar-refractivity contribution in [1.82, 2.24) is 9.88 Å². The average Bonchev–Trinajstić information content (AvgIpc) is 2.68. The molecule has 2 heterocycles. The van der Waals surface area contributed by atoms with Crippen LogP contribution in [0.5, 0.6) is 0 Å². The largest absolute Gasteiger partial charge is 0.353 e. The number of carbonyl (C=O) groups is 1. The minimum absolute atomic E-state index is 0.107. The molecule has 0 radical (unpaired) electrons. The summed E-state index contributed by atoms with van der Waals surface area (Å²) in [5.74, 6) is 0.594. The summed E-state index contributed by atoms with van der Waals surface area (Å²) >= 11 is 0. The zero-order valence-electron chi connectivity index (χ0n) is 14.2. The lowest BCUT2D eigenvalue weighted by atomic mass is 10.2. The van der Waals surface area contributed by atoms with Gasteiger partial charge in [0, 0.05) is 38.1 Å². The fourth-order valence-corrected chi connectivity index (χ4v) is 2.92. The van der Waals surface area contributed by atoms with Gasteiger partial charge in [-0.05, 0) is 30.3 Å². The topological polar surface area (TPSA) is 96.1 Å². The van der Waals surface area contributed by atoms with Crippen LogP contribution in [0.1, 0.15) is 11.1 Å². The minimum atomic E-state index is -0.107. The number of piperazine rings is 1. The number of nitrogens with zero attached hydrogens (tertiary/aromatic N) is 5. The molecular formula is C19H18N6O. The predicted octanol–water partition coefficient (Wildman–Crippen LogP) is 1.59. The minimum Gasteiger partial charge on any atom is -0.353 e. The highest BCUT2D eigenvalue weighted by Crippen LogP contribution is 2.18. The number of amides is 1. The molecule has 1 aromatic heterocycles. The highest BCUT2D eigenvalue weighted by Gasteiger charge is 2.21. The molecule has 0 unspecified atom stereocenters. The number of pyridine rings is 1. The van der Waals surface area contributed by atoms with Crippen LogP contribution in [0, 0.1) is 22.7 Å². The van der Waals surface area contributed by atoms with Gasteiger partial charge < -0.3 is 10.2 Å². The molecule has 1 amide bonds. The lowest BCUT2D eigenvalue weighted by Crippen LogP contribution is -2.49. The van der Waals surface area contributed by atoms with E-state index in [1.54, 1.807) is 42.6 Å². The van der Waals surface area contributed by atoms with E-state index >= 15 is 0 Å². The Morgan fingerprint density at radius 3 is 2.65 bits per heavy atom. The Kier molecular flexibility index (Phi) is 5.43. The van der Waals surface area contributed by atoms with Crippen molar-refractivity contribution in [3.05, 3.63) is 53.7 Å². The van der Waals surface area contributed by atoms with Crippen LogP contribution in [0.25, 0.3) is 0 Å². The average molecular weight is 346 g/mol. The summed E-state index contributed by atoms with van der Waals surface area (Å²) in [4.78, 5) is 20.7. The van der Waals surface area contributed by atoms with Gasteiger partial charge in [0.05, 0.1) is 23.7 Å². The van der Waals surface area contributed by atoms with E-state index in [0.717, 1.165) is 0 Å². The van der Waals surface area contributed by atoms with Crippen LogP contribution in [0.2, 0.25) is 0 Å². The first-order valence-corrected chi connectivity index (χ1v) is 8.32. The first kappa shape index (κ1) is 17.4. The molecule has 3 rings (SSSR count). The number of hydrogen-bond donors (Lipinski definition) is 1. The molecule has 1 aromatic carbocycles. The van der Waals surface area contributed by atoms with Gasteiger partial charge >= 0.3 is 0 Å². The Labute approximate surface area is 152 Å². The van der Waals surface area contributed by atoms with Gasteiger partial charge in [0.1, 0.15) is 11.9 Å². The van der Waals surface area contributed by atoms with E-state index in [9.17, 15) is 10.1 Å². The quantitative estimate of drug-likeness (QED) is 0.903. The fourth-order valence-electron chi connectivity index (χ4n) is 2.92. The Hall–Kier alpha value is -3.42. The summed E-state index contributed by atoms with van der Waals surface area (Å²) in [6.07, 6.45) is 1.69. The first-order valence-electron chi connectivity index (χ1n) is 8.32. The normalized spacial score (nSPS) is 14.3. The Balaban J connectivity index is 1.53. The standard InChI is InChI=1S/C19H18N6O/c20-12-15-3-1-5-17(11-15)23-18(26)14-24-7-9-25(10-8-24)19-16(13-21)4-2-6-22-19/h1-6,11H,7-10,14H2,(H,23,26). The fraction of sp³-hybridized carbons (Fsp3) is 0.263. The molecule has 2 aromatic rings. The third-order valence-corrected chi connectivity index (χ3v) is 4.22. The molecule has 26 heavy (non-hydrogen) atoms. The summed E-state index contributed by atoms with van der Waals surface area (Å²) in [5.41, 5.74) is 1.70. The van der Waals surface area contributed by atoms with Crippen LogP contribution in [0.3, 0.4) is 0 Å². The molecular weight excluding hydrogens is 328 g/mol. The maximum Gasteiger partial charge on any atom is 0.238 e. The predicted molar refractivity (Wildman–Crippen MR) is 97.4 cm³/mol. The lowest BCUT2D eigenvalue weighted by molar-refractivity contribution is -0.117. The number of nitriles is 2. The van der Waals surface area contributed by atoms with Gasteiger partial charge in [-0.2, -0.15) is 10.5 Å². The SMILES string of the molecule is N#Cc1cccc(NC(=O)CN2CCN(c3ncccc3C#N)CC2)c1. The highest BCUT2D eigenvalue weighted by atomic mass is 16.2. The van der Waals surface area contributed by atoms with E-state index in [4.69, 9.17) is 5.26 Å². The van der Waals surface area contributed by atoms with Gasteiger partial charge in [0.25, 0.3) is 0 Å². The molecule has 7 nitrogen and oxygen atoms in total. The number of carbonyl (C=O) groups excluding carboxylic acids is 1. The number of nitrogens with one attached hydrogen (secondary N) is 1. The van der Waals surface area contributed by atoms with Crippen molar-refractivity contribution >= 4 is 17.4 Å². The zero-order valence-corrected chi connectivity index (χ0v) is 14.2. The van der Waals surface area contributed by atoms with Crippen LogP contribution in [0.15, 0.2) is 42.6 Å². The molecule has 0 spiro atoms.